The summed E-state index contributed by atoms with van der Waals surface area (Å²) in [7, 11) is 0. The third-order valence-electron chi connectivity index (χ3n) is 3.85. The van der Waals surface area contributed by atoms with Gasteiger partial charge >= 0.3 is 0 Å². The fraction of sp³-hybridized carbons (Fsp3) is 0.211. The van der Waals surface area contributed by atoms with Gasteiger partial charge in [0, 0.05) is 23.9 Å². The Hall–Kier alpha value is -3.35. The molecule has 26 heavy (non-hydrogen) atoms. The van der Waals surface area contributed by atoms with Crippen molar-refractivity contribution >= 4 is 0 Å². The lowest BCUT2D eigenvalue weighted by Gasteiger charge is -2.05. The molecular formula is C19H18N4O3. The highest BCUT2D eigenvalue weighted by Gasteiger charge is 2.07. The lowest BCUT2D eigenvalue weighted by atomic mass is 10.1. The largest absolute Gasteiger partial charge is 0.486 e. The average Bonchev–Trinajstić information content (AvgIpc) is 3.36. The summed E-state index contributed by atoms with van der Waals surface area (Å²) in [5.41, 5.74) is 3.73. The molecule has 3 aromatic heterocycles. The smallest absolute Gasteiger partial charge is 0.174 e. The topological polar surface area (TPSA) is 79.1 Å². The van der Waals surface area contributed by atoms with Gasteiger partial charge in [0.05, 0.1) is 17.6 Å². The Bertz CT molecular complexity index is 1020. The molecule has 132 valence electrons. The Kier molecular flexibility index (Phi) is 4.27. The van der Waals surface area contributed by atoms with Gasteiger partial charge < -0.3 is 13.8 Å². The van der Waals surface area contributed by atoms with E-state index in [1.165, 1.54) is 0 Å². The second kappa shape index (κ2) is 6.87. The molecule has 3 heterocycles. The first-order valence-electron chi connectivity index (χ1n) is 8.26. The molecule has 0 saturated carbocycles. The van der Waals surface area contributed by atoms with Gasteiger partial charge in [0.2, 0.25) is 0 Å². The highest BCUT2D eigenvalue weighted by atomic mass is 16.5. The highest BCUT2D eigenvalue weighted by molar-refractivity contribution is 5.63. The summed E-state index contributed by atoms with van der Waals surface area (Å²) < 4.78 is 18.0. The van der Waals surface area contributed by atoms with Crippen LogP contribution >= 0.6 is 0 Å². The molecule has 0 bridgehead atoms. The van der Waals surface area contributed by atoms with Crippen LogP contribution in [0.1, 0.15) is 22.9 Å². The first-order valence-corrected chi connectivity index (χ1v) is 8.26. The third kappa shape index (κ3) is 3.66. The molecule has 0 N–H and O–H groups in total. The van der Waals surface area contributed by atoms with E-state index < -0.39 is 0 Å². The molecule has 0 saturated heterocycles. The maximum Gasteiger partial charge on any atom is 0.174 e. The molecule has 0 aliphatic rings. The molecule has 0 spiro atoms. The number of rotatable bonds is 6. The number of nitrogens with zero attached hydrogens (tertiary/aromatic N) is 4. The maximum absolute atomic E-state index is 5.79. The summed E-state index contributed by atoms with van der Waals surface area (Å²) in [6.45, 7) is 4.66. The van der Waals surface area contributed by atoms with Crippen LogP contribution in [0.5, 0.6) is 5.75 Å². The minimum absolute atomic E-state index is 0.342. The molecular weight excluding hydrogens is 332 g/mol. The standard InChI is InChI=1S/C19H18N4O3/c1-13-6-18(25-21-13)11-23-10-16(9-20-23)15-4-3-5-17(8-15)24-12-19-7-14(2)22-26-19/h3-10H,11-12H2,1-2H3. The van der Waals surface area contributed by atoms with E-state index in [1.807, 2.05) is 67.3 Å². The van der Waals surface area contributed by atoms with Crippen molar-refractivity contribution in [3.63, 3.8) is 0 Å². The summed E-state index contributed by atoms with van der Waals surface area (Å²) in [6, 6.07) is 11.6. The summed E-state index contributed by atoms with van der Waals surface area (Å²) in [5, 5.41) is 12.1. The van der Waals surface area contributed by atoms with E-state index in [4.69, 9.17) is 13.8 Å². The Labute approximate surface area is 150 Å². The predicted octanol–water partition coefficient (Wildman–Crippen LogP) is 3.77. The van der Waals surface area contributed by atoms with Gasteiger partial charge in [-0.05, 0) is 31.5 Å². The van der Waals surface area contributed by atoms with E-state index in [1.54, 1.807) is 0 Å². The first kappa shape index (κ1) is 16.1. The first-order chi connectivity index (χ1) is 12.7. The lowest BCUT2D eigenvalue weighted by Crippen LogP contribution is -1.98. The summed E-state index contributed by atoms with van der Waals surface area (Å²) in [4.78, 5) is 0. The van der Waals surface area contributed by atoms with Crippen molar-refractivity contribution in [3.8, 4) is 16.9 Å². The molecule has 0 aliphatic carbocycles. The summed E-state index contributed by atoms with van der Waals surface area (Å²) in [5.74, 6) is 2.23. The normalized spacial score (nSPS) is 11.0. The van der Waals surface area contributed by atoms with Gasteiger partial charge in [-0.2, -0.15) is 5.10 Å². The van der Waals surface area contributed by atoms with E-state index in [0.717, 1.165) is 34.0 Å². The van der Waals surface area contributed by atoms with Crippen molar-refractivity contribution < 1.29 is 13.8 Å². The van der Waals surface area contributed by atoms with Gasteiger partial charge in [-0.15, -0.1) is 0 Å². The van der Waals surface area contributed by atoms with Crippen LogP contribution in [0, 0.1) is 13.8 Å². The minimum Gasteiger partial charge on any atom is -0.486 e. The molecule has 0 unspecified atom stereocenters. The zero-order chi connectivity index (χ0) is 17.9. The Morgan fingerprint density at radius 2 is 1.73 bits per heavy atom. The van der Waals surface area contributed by atoms with Crippen molar-refractivity contribution in [2.45, 2.75) is 27.0 Å². The van der Waals surface area contributed by atoms with Crippen LogP contribution in [-0.2, 0) is 13.2 Å². The van der Waals surface area contributed by atoms with Gasteiger partial charge in [-0.3, -0.25) is 4.68 Å². The zero-order valence-corrected chi connectivity index (χ0v) is 14.5. The molecule has 4 rings (SSSR count). The molecule has 1 aromatic carbocycles. The Balaban J connectivity index is 1.46. The second-order valence-corrected chi connectivity index (χ2v) is 6.11. The van der Waals surface area contributed by atoms with Gasteiger partial charge in [0.25, 0.3) is 0 Å². The van der Waals surface area contributed by atoms with Crippen molar-refractivity contribution in [1.29, 1.82) is 0 Å². The van der Waals surface area contributed by atoms with Crippen LogP contribution in [0.15, 0.2) is 57.8 Å². The molecule has 4 aromatic rings. The van der Waals surface area contributed by atoms with E-state index >= 15 is 0 Å². The highest BCUT2D eigenvalue weighted by Crippen LogP contribution is 2.24. The number of aromatic nitrogens is 4. The van der Waals surface area contributed by atoms with Crippen molar-refractivity contribution in [2.24, 2.45) is 0 Å². The fourth-order valence-electron chi connectivity index (χ4n) is 2.65. The second-order valence-electron chi connectivity index (χ2n) is 6.11. The minimum atomic E-state index is 0.342. The quantitative estimate of drug-likeness (QED) is 0.527. The third-order valence-corrected chi connectivity index (χ3v) is 3.85. The number of ether oxygens (including phenoxy) is 1. The van der Waals surface area contributed by atoms with Crippen molar-refractivity contribution in [3.05, 3.63) is 71.7 Å². The molecule has 0 radical (unpaired) electrons. The molecule has 0 atom stereocenters. The molecule has 7 heteroatoms. The summed E-state index contributed by atoms with van der Waals surface area (Å²) in [6.07, 6.45) is 3.79. The molecule has 0 aliphatic heterocycles. The number of aryl methyl sites for hydroxylation is 2. The van der Waals surface area contributed by atoms with Gasteiger partial charge in [-0.25, -0.2) is 0 Å². The van der Waals surface area contributed by atoms with Gasteiger partial charge in [0.1, 0.15) is 18.9 Å². The van der Waals surface area contributed by atoms with E-state index in [2.05, 4.69) is 15.4 Å². The van der Waals surface area contributed by atoms with Crippen LogP contribution in [0.25, 0.3) is 11.1 Å². The van der Waals surface area contributed by atoms with Crippen LogP contribution in [0.2, 0.25) is 0 Å². The van der Waals surface area contributed by atoms with Crippen LogP contribution < -0.4 is 4.74 Å². The van der Waals surface area contributed by atoms with Crippen LogP contribution in [-0.4, -0.2) is 20.1 Å². The van der Waals surface area contributed by atoms with E-state index in [-0.39, 0.29) is 0 Å². The van der Waals surface area contributed by atoms with Gasteiger partial charge in [0.15, 0.2) is 11.5 Å². The van der Waals surface area contributed by atoms with Crippen molar-refractivity contribution in [2.75, 3.05) is 0 Å². The monoisotopic (exact) mass is 350 g/mol. The van der Waals surface area contributed by atoms with Crippen molar-refractivity contribution in [1.82, 2.24) is 20.1 Å². The lowest BCUT2D eigenvalue weighted by molar-refractivity contribution is 0.249. The van der Waals surface area contributed by atoms with E-state index in [0.29, 0.717) is 18.9 Å². The fourth-order valence-corrected chi connectivity index (χ4v) is 2.65. The SMILES string of the molecule is Cc1cc(COc2cccc(-c3cnn(Cc4cc(C)no4)c3)c2)on1. The summed E-state index contributed by atoms with van der Waals surface area (Å²) >= 11 is 0. The van der Waals surface area contributed by atoms with Gasteiger partial charge in [-0.1, -0.05) is 22.4 Å². The predicted molar refractivity (Wildman–Crippen MR) is 93.6 cm³/mol. The Morgan fingerprint density at radius 3 is 2.46 bits per heavy atom. The van der Waals surface area contributed by atoms with E-state index in [9.17, 15) is 0 Å². The average molecular weight is 350 g/mol. The number of hydrogen-bond acceptors (Lipinski definition) is 6. The maximum atomic E-state index is 5.79. The van der Waals surface area contributed by atoms with Crippen LogP contribution in [0.3, 0.4) is 0 Å². The molecule has 0 fully saturated rings. The number of benzene rings is 1. The van der Waals surface area contributed by atoms with Crippen LogP contribution in [0.4, 0.5) is 0 Å². The Morgan fingerprint density at radius 1 is 0.962 bits per heavy atom. The molecule has 0 amide bonds. The molecule has 7 nitrogen and oxygen atoms in total. The zero-order valence-electron chi connectivity index (χ0n) is 14.5. The number of hydrogen-bond donors (Lipinski definition) is 0.